The number of halogens is 1. The Balaban J connectivity index is 1.77. The molecule has 0 aliphatic heterocycles. The van der Waals surface area contributed by atoms with Gasteiger partial charge in [-0.2, -0.15) is 0 Å². The summed E-state index contributed by atoms with van der Waals surface area (Å²) in [6.45, 7) is -0.639. The van der Waals surface area contributed by atoms with Gasteiger partial charge in [0.2, 0.25) is 0 Å². The number of amides is 2. The van der Waals surface area contributed by atoms with E-state index in [1.807, 2.05) is 5.32 Å². The number of methoxy groups -OCH3 is 1. The summed E-state index contributed by atoms with van der Waals surface area (Å²) in [6.07, 6.45) is 0.962. The topological polar surface area (TPSA) is 112 Å². The molecule has 142 valence electrons. The van der Waals surface area contributed by atoms with Crippen molar-refractivity contribution in [2.24, 2.45) is 0 Å². The second-order valence-corrected chi connectivity index (χ2v) is 6.20. The highest BCUT2D eigenvalue weighted by molar-refractivity contribution is 9.10. The molecular formula is C18H16BrNO7. The molecule has 1 heterocycles. The number of furan rings is 1. The van der Waals surface area contributed by atoms with Crippen LogP contribution in [0.4, 0.5) is 0 Å². The van der Waals surface area contributed by atoms with E-state index in [1.165, 1.54) is 25.5 Å². The van der Waals surface area contributed by atoms with Crippen molar-refractivity contribution in [1.82, 2.24) is 5.32 Å². The van der Waals surface area contributed by atoms with E-state index < -0.39 is 24.4 Å². The Morgan fingerprint density at radius 2 is 1.93 bits per heavy atom. The van der Waals surface area contributed by atoms with Crippen LogP contribution in [0.2, 0.25) is 0 Å². The first-order valence-corrected chi connectivity index (χ1v) is 8.60. The van der Waals surface area contributed by atoms with Crippen LogP contribution in [0.5, 0.6) is 5.75 Å². The Bertz CT molecular complexity index is 845. The lowest BCUT2D eigenvalue weighted by Gasteiger charge is -2.08. The van der Waals surface area contributed by atoms with E-state index >= 15 is 0 Å². The average molecular weight is 438 g/mol. The number of carbonyl (C=O) groups is 4. The minimum atomic E-state index is -0.801. The molecule has 0 aliphatic rings. The predicted octanol–water partition coefficient (Wildman–Crippen LogP) is 2.51. The number of Topliss-reactive ketones (excluding diaryl/α,β-unsaturated/α-hetero) is 1. The van der Waals surface area contributed by atoms with Crippen molar-refractivity contribution in [3.8, 4) is 5.75 Å². The fourth-order valence-electron chi connectivity index (χ4n) is 2.10. The van der Waals surface area contributed by atoms with E-state index in [-0.39, 0.29) is 24.4 Å². The van der Waals surface area contributed by atoms with Crippen molar-refractivity contribution < 1.29 is 33.1 Å². The Morgan fingerprint density at radius 1 is 1.15 bits per heavy atom. The van der Waals surface area contributed by atoms with Gasteiger partial charge in [-0.15, -0.1) is 0 Å². The van der Waals surface area contributed by atoms with Gasteiger partial charge in [0, 0.05) is 10.9 Å². The van der Waals surface area contributed by atoms with Crippen molar-refractivity contribution in [3.05, 3.63) is 52.4 Å². The van der Waals surface area contributed by atoms with Gasteiger partial charge in [-0.1, -0.05) is 15.9 Å². The molecule has 1 aromatic carbocycles. The maximum atomic E-state index is 12.3. The Hall–Kier alpha value is -2.94. The number of hydrogen-bond acceptors (Lipinski definition) is 7. The van der Waals surface area contributed by atoms with Crippen molar-refractivity contribution in [3.63, 3.8) is 0 Å². The van der Waals surface area contributed by atoms with E-state index in [9.17, 15) is 19.2 Å². The molecule has 0 saturated carbocycles. The third kappa shape index (κ3) is 6.07. The van der Waals surface area contributed by atoms with Crippen LogP contribution in [0.15, 0.2) is 45.5 Å². The standard InChI is InChI=1S/C18H16BrNO7/c1-25-14-6-4-11(19)9-12(14)13(21)5-7-17(23)27-10-16(22)20-18(24)15-3-2-8-26-15/h2-4,6,8-9H,5,7,10H2,1H3,(H,20,22,24). The van der Waals surface area contributed by atoms with Crippen LogP contribution >= 0.6 is 15.9 Å². The number of rotatable bonds is 8. The van der Waals surface area contributed by atoms with Crippen LogP contribution in [0.1, 0.15) is 33.8 Å². The van der Waals surface area contributed by atoms with Gasteiger partial charge >= 0.3 is 5.97 Å². The molecule has 0 saturated heterocycles. The van der Waals surface area contributed by atoms with Crippen LogP contribution < -0.4 is 10.1 Å². The zero-order valence-electron chi connectivity index (χ0n) is 14.3. The summed E-state index contributed by atoms with van der Waals surface area (Å²) in [5.41, 5.74) is 0.335. The third-order valence-corrected chi connectivity index (χ3v) is 3.87. The van der Waals surface area contributed by atoms with E-state index in [0.29, 0.717) is 15.8 Å². The van der Waals surface area contributed by atoms with Crippen LogP contribution in [-0.2, 0) is 14.3 Å². The maximum absolute atomic E-state index is 12.3. The van der Waals surface area contributed by atoms with Crippen LogP contribution in [-0.4, -0.2) is 37.3 Å². The Labute approximate surface area is 162 Å². The number of hydrogen-bond donors (Lipinski definition) is 1. The molecule has 27 heavy (non-hydrogen) atoms. The highest BCUT2D eigenvalue weighted by Crippen LogP contribution is 2.24. The van der Waals surface area contributed by atoms with Crippen molar-refractivity contribution in [1.29, 1.82) is 0 Å². The summed E-state index contributed by atoms with van der Waals surface area (Å²) in [6, 6.07) is 7.84. The number of ether oxygens (including phenoxy) is 2. The number of benzene rings is 1. The summed E-state index contributed by atoms with van der Waals surface area (Å²) >= 11 is 3.27. The summed E-state index contributed by atoms with van der Waals surface area (Å²) in [5, 5.41) is 2.01. The maximum Gasteiger partial charge on any atom is 0.306 e. The molecule has 0 aliphatic carbocycles. The lowest BCUT2D eigenvalue weighted by Crippen LogP contribution is -2.34. The first kappa shape index (κ1) is 20.4. The molecule has 1 N–H and O–H groups in total. The molecule has 9 heteroatoms. The predicted molar refractivity (Wildman–Crippen MR) is 96.4 cm³/mol. The number of nitrogens with one attached hydrogen (secondary N) is 1. The molecule has 0 bridgehead atoms. The smallest absolute Gasteiger partial charge is 0.306 e. The minimum Gasteiger partial charge on any atom is -0.496 e. The van der Waals surface area contributed by atoms with Gasteiger partial charge in [0.15, 0.2) is 18.2 Å². The van der Waals surface area contributed by atoms with Crippen molar-refractivity contribution in [2.45, 2.75) is 12.8 Å². The molecule has 0 spiro atoms. The first-order valence-electron chi connectivity index (χ1n) is 7.80. The van der Waals surface area contributed by atoms with Crippen molar-refractivity contribution in [2.75, 3.05) is 13.7 Å². The quantitative estimate of drug-likeness (QED) is 0.498. The van der Waals surface area contributed by atoms with E-state index in [1.54, 1.807) is 18.2 Å². The van der Waals surface area contributed by atoms with Gasteiger partial charge in [-0.05, 0) is 30.3 Å². The van der Waals surface area contributed by atoms with E-state index in [0.717, 1.165) is 0 Å². The third-order valence-electron chi connectivity index (χ3n) is 3.38. The van der Waals surface area contributed by atoms with E-state index in [2.05, 4.69) is 15.9 Å². The summed E-state index contributed by atoms with van der Waals surface area (Å²) in [7, 11) is 1.44. The molecule has 0 radical (unpaired) electrons. The number of ketones is 1. The van der Waals surface area contributed by atoms with Gasteiger partial charge in [0.05, 0.1) is 25.4 Å². The molecule has 0 unspecified atom stereocenters. The van der Waals surface area contributed by atoms with E-state index in [4.69, 9.17) is 13.9 Å². The Kier molecular flexibility index (Phi) is 7.30. The van der Waals surface area contributed by atoms with Crippen LogP contribution in [0.3, 0.4) is 0 Å². The molecule has 1 aromatic heterocycles. The average Bonchev–Trinajstić information content (AvgIpc) is 3.19. The molecule has 8 nitrogen and oxygen atoms in total. The van der Waals surface area contributed by atoms with Crippen LogP contribution in [0, 0.1) is 0 Å². The normalized spacial score (nSPS) is 10.1. The van der Waals surface area contributed by atoms with Gasteiger partial charge in [0.25, 0.3) is 11.8 Å². The highest BCUT2D eigenvalue weighted by atomic mass is 79.9. The summed E-state index contributed by atoms with van der Waals surface area (Å²) < 4.78 is 15.4. The monoisotopic (exact) mass is 437 g/mol. The number of imide groups is 1. The molecule has 2 rings (SSSR count). The molecule has 2 aromatic rings. The summed E-state index contributed by atoms with van der Waals surface area (Å²) in [5.74, 6) is -2.22. The lowest BCUT2D eigenvalue weighted by atomic mass is 10.1. The van der Waals surface area contributed by atoms with Crippen LogP contribution in [0.25, 0.3) is 0 Å². The first-order chi connectivity index (χ1) is 12.9. The number of carbonyl (C=O) groups excluding carboxylic acids is 4. The fourth-order valence-corrected chi connectivity index (χ4v) is 2.46. The zero-order chi connectivity index (χ0) is 19.8. The van der Waals surface area contributed by atoms with Gasteiger partial charge in [-0.25, -0.2) is 0 Å². The molecule has 0 fully saturated rings. The number of esters is 1. The van der Waals surface area contributed by atoms with Gasteiger partial charge in [0.1, 0.15) is 5.75 Å². The molecule has 2 amide bonds. The largest absolute Gasteiger partial charge is 0.496 e. The zero-order valence-corrected chi connectivity index (χ0v) is 15.9. The van der Waals surface area contributed by atoms with Crippen molar-refractivity contribution >= 4 is 39.5 Å². The van der Waals surface area contributed by atoms with Gasteiger partial charge < -0.3 is 13.9 Å². The highest BCUT2D eigenvalue weighted by Gasteiger charge is 2.17. The lowest BCUT2D eigenvalue weighted by molar-refractivity contribution is -0.148. The summed E-state index contributed by atoms with van der Waals surface area (Å²) in [4.78, 5) is 47.2. The second kappa shape index (κ2) is 9.67. The minimum absolute atomic E-state index is 0.0387. The Morgan fingerprint density at radius 3 is 2.59 bits per heavy atom. The second-order valence-electron chi connectivity index (χ2n) is 5.28. The molecule has 0 atom stereocenters. The molecular weight excluding hydrogens is 422 g/mol. The SMILES string of the molecule is COc1ccc(Br)cc1C(=O)CCC(=O)OCC(=O)NC(=O)c1ccco1. The van der Waals surface area contributed by atoms with Gasteiger partial charge in [-0.3, -0.25) is 24.5 Å². The fraction of sp³-hybridized carbons (Fsp3) is 0.222.